The van der Waals surface area contributed by atoms with E-state index in [1.165, 1.54) is 13.2 Å². The van der Waals surface area contributed by atoms with Crippen LogP contribution in [0.15, 0.2) is 47.6 Å². The van der Waals surface area contributed by atoms with Crippen LogP contribution in [-0.4, -0.2) is 67.4 Å². The van der Waals surface area contributed by atoms with E-state index in [1.54, 1.807) is 0 Å². The van der Waals surface area contributed by atoms with Crippen LogP contribution in [0.25, 0.3) is 0 Å². The van der Waals surface area contributed by atoms with Crippen LogP contribution in [0.3, 0.4) is 0 Å². The van der Waals surface area contributed by atoms with E-state index in [9.17, 15) is 18.4 Å². The lowest BCUT2D eigenvalue weighted by Crippen LogP contribution is -2.49. The number of ether oxygens (including phenoxy) is 1. The first-order valence-corrected chi connectivity index (χ1v) is 12.2. The molecular weight excluding hydrogens is 468 g/mol. The van der Waals surface area contributed by atoms with Gasteiger partial charge in [-0.3, -0.25) is 9.78 Å². The third-order valence-electron chi connectivity index (χ3n) is 6.74. The van der Waals surface area contributed by atoms with Crippen LogP contribution in [0.4, 0.5) is 13.6 Å². The molecule has 1 fully saturated rings. The number of benzene rings is 1. The molecule has 2 atom stereocenters. The van der Waals surface area contributed by atoms with Crippen molar-refractivity contribution in [1.82, 2.24) is 20.5 Å². The Bertz CT molecular complexity index is 1090. The quantitative estimate of drug-likeness (QED) is 0.517. The normalized spacial score (nSPS) is 21.1. The van der Waals surface area contributed by atoms with Gasteiger partial charge in [-0.25, -0.2) is 13.6 Å². The lowest BCUT2D eigenvalue weighted by molar-refractivity contribution is -0.123. The van der Waals surface area contributed by atoms with Gasteiger partial charge in [0.15, 0.2) is 11.6 Å². The monoisotopic (exact) mass is 499 g/mol. The van der Waals surface area contributed by atoms with E-state index in [0.717, 1.165) is 56.7 Å². The number of likely N-dealkylation sites (tertiary alicyclic amines) is 1. The molecule has 3 amide bonds. The number of methoxy groups -OCH3 is 1. The number of rotatable bonds is 9. The summed E-state index contributed by atoms with van der Waals surface area (Å²) in [7, 11) is 1.44. The van der Waals surface area contributed by atoms with Crippen LogP contribution in [-0.2, 0) is 9.53 Å². The van der Waals surface area contributed by atoms with Crippen molar-refractivity contribution in [3.63, 3.8) is 0 Å². The summed E-state index contributed by atoms with van der Waals surface area (Å²) in [5.74, 6) is -2.83. The summed E-state index contributed by atoms with van der Waals surface area (Å²) in [5.41, 5.74) is 1.67. The van der Waals surface area contributed by atoms with Crippen molar-refractivity contribution in [3.8, 4) is 0 Å². The van der Waals surface area contributed by atoms with E-state index in [1.807, 2.05) is 18.3 Å². The molecule has 36 heavy (non-hydrogen) atoms. The van der Waals surface area contributed by atoms with Crippen LogP contribution in [0.2, 0.25) is 0 Å². The second-order valence-corrected chi connectivity index (χ2v) is 9.13. The molecule has 10 heteroatoms. The first-order chi connectivity index (χ1) is 17.5. The highest BCUT2D eigenvalue weighted by Crippen LogP contribution is 2.29. The van der Waals surface area contributed by atoms with E-state index in [0.29, 0.717) is 12.5 Å². The predicted molar refractivity (Wildman–Crippen MR) is 131 cm³/mol. The SMILES string of the molecule is COCC1=NC(=O)N[C@H](c2ccc(F)c(F)c2)C1C(=O)NCCCN1CCC(c2ccccn2)CC1. The molecule has 1 unspecified atom stereocenters. The van der Waals surface area contributed by atoms with Gasteiger partial charge in [0.25, 0.3) is 0 Å². The van der Waals surface area contributed by atoms with Gasteiger partial charge in [-0.2, -0.15) is 4.99 Å². The van der Waals surface area contributed by atoms with Crippen molar-refractivity contribution in [3.05, 3.63) is 65.5 Å². The molecule has 192 valence electrons. The first kappa shape index (κ1) is 25.8. The standard InChI is InChI=1S/C26H31F2N5O3/c1-36-16-22-23(24(32-26(35)31-22)18-6-7-19(27)20(28)15-18)25(34)30-11-4-12-33-13-8-17(9-14-33)21-5-2-3-10-29-21/h2-3,5-7,10,15,17,23-24H,4,8-9,11-14,16H2,1H3,(H,30,34)(H,32,35)/t23?,24-/m1/s1. The number of nitrogens with one attached hydrogen (secondary N) is 2. The summed E-state index contributed by atoms with van der Waals surface area (Å²) < 4.78 is 32.5. The fourth-order valence-electron chi connectivity index (χ4n) is 4.89. The number of nitrogens with zero attached hydrogens (tertiary/aromatic N) is 3. The largest absolute Gasteiger partial charge is 0.379 e. The molecule has 1 aromatic heterocycles. The fourth-order valence-corrected chi connectivity index (χ4v) is 4.89. The summed E-state index contributed by atoms with van der Waals surface area (Å²) in [6.45, 7) is 3.22. The van der Waals surface area contributed by atoms with Gasteiger partial charge in [0.1, 0.15) is 5.92 Å². The maximum Gasteiger partial charge on any atom is 0.341 e. The highest BCUT2D eigenvalue weighted by atomic mass is 19.2. The number of carbonyl (C=O) groups excluding carboxylic acids is 2. The number of carbonyl (C=O) groups is 2. The van der Waals surface area contributed by atoms with Gasteiger partial charge in [-0.1, -0.05) is 12.1 Å². The van der Waals surface area contributed by atoms with Crippen LogP contribution in [0.5, 0.6) is 0 Å². The summed E-state index contributed by atoms with van der Waals surface area (Å²) in [6.07, 6.45) is 4.70. The van der Waals surface area contributed by atoms with Crippen molar-refractivity contribution >= 4 is 17.6 Å². The average molecular weight is 500 g/mol. The summed E-state index contributed by atoms with van der Waals surface area (Å²) >= 11 is 0. The number of hydrogen-bond acceptors (Lipinski definition) is 5. The lowest BCUT2D eigenvalue weighted by atomic mass is 9.87. The van der Waals surface area contributed by atoms with Crippen molar-refractivity contribution in [2.75, 3.05) is 39.9 Å². The first-order valence-electron chi connectivity index (χ1n) is 12.2. The molecule has 2 N–H and O–H groups in total. The van der Waals surface area contributed by atoms with Gasteiger partial charge in [-0.05, 0) is 68.7 Å². The smallest absolute Gasteiger partial charge is 0.341 e. The minimum absolute atomic E-state index is 0.0309. The molecule has 1 aromatic carbocycles. The third-order valence-corrected chi connectivity index (χ3v) is 6.74. The lowest BCUT2D eigenvalue weighted by Gasteiger charge is -2.32. The number of halogens is 2. The Kier molecular flexibility index (Phi) is 8.71. The number of pyridine rings is 1. The van der Waals surface area contributed by atoms with Crippen LogP contribution in [0, 0.1) is 17.6 Å². The average Bonchev–Trinajstić information content (AvgIpc) is 2.89. The van der Waals surface area contributed by atoms with Gasteiger partial charge < -0.3 is 20.3 Å². The highest BCUT2D eigenvalue weighted by molar-refractivity contribution is 6.11. The van der Waals surface area contributed by atoms with E-state index in [-0.39, 0.29) is 23.8 Å². The van der Waals surface area contributed by atoms with E-state index in [2.05, 4.69) is 31.6 Å². The van der Waals surface area contributed by atoms with E-state index < -0.39 is 29.6 Å². The molecule has 4 rings (SSSR count). The van der Waals surface area contributed by atoms with Crippen LogP contribution in [0.1, 0.15) is 42.5 Å². The highest BCUT2D eigenvalue weighted by Gasteiger charge is 2.39. The molecule has 0 spiro atoms. The van der Waals surface area contributed by atoms with Crippen LogP contribution >= 0.6 is 0 Å². The summed E-state index contributed by atoms with van der Waals surface area (Å²) in [5, 5.41) is 5.54. The zero-order chi connectivity index (χ0) is 25.5. The molecule has 2 aliphatic heterocycles. The van der Waals surface area contributed by atoms with Gasteiger partial charge >= 0.3 is 6.03 Å². The molecule has 0 radical (unpaired) electrons. The second-order valence-electron chi connectivity index (χ2n) is 9.13. The molecule has 8 nitrogen and oxygen atoms in total. The minimum Gasteiger partial charge on any atom is -0.379 e. The van der Waals surface area contributed by atoms with E-state index >= 15 is 0 Å². The zero-order valence-corrected chi connectivity index (χ0v) is 20.3. The van der Waals surface area contributed by atoms with Gasteiger partial charge in [0.2, 0.25) is 5.91 Å². The Labute approximate surface area is 209 Å². The third kappa shape index (κ3) is 6.30. The molecule has 2 aromatic rings. The van der Waals surface area contributed by atoms with Gasteiger partial charge in [-0.15, -0.1) is 0 Å². The number of amides is 3. The Hall–Kier alpha value is -3.24. The molecule has 0 bridgehead atoms. The maximum atomic E-state index is 13.9. The Morgan fingerprint density at radius 2 is 2.00 bits per heavy atom. The summed E-state index contributed by atoms with van der Waals surface area (Å²) in [6, 6.07) is 7.81. The number of urea groups is 1. The Morgan fingerprint density at radius 1 is 1.19 bits per heavy atom. The number of aliphatic imine (C=N–C) groups is 1. The number of piperidine rings is 1. The Morgan fingerprint density at radius 3 is 2.69 bits per heavy atom. The molecule has 2 aliphatic rings. The number of hydrogen-bond donors (Lipinski definition) is 2. The van der Waals surface area contributed by atoms with Crippen molar-refractivity contribution in [1.29, 1.82) is 0 Å². The van der Waals surface area contributed by atoms with Crippen molar-refractivity contribution < 1.29 is 23.1 Å². The van der Waals surface area contributed by atoms with E-state index in [4.69, 9.17) is 4.74 Å². The maximum absolute atomic E-state index is 13.9. The van der Waals surface area contributed by atoms with Crippen molar-refractivity contribution in [2.24, 2.45) is 10.9 Å². The topological polar surface area (TPSA) is 95.9 Å². The van der Waals surface area contributed by atoms with Gasteiger partial charge in [0, 0.05) is 31.5 Å². The molecule has 0 aliphatic carbocycles. The van der Waals surface area contributed by atoms with Crippen molar-refractivity contribution in [2.45, 2.75) is 31.2 Å². The second kappa shape index (κ2) is 12.1. The Balaban J connectivity index is 1.32. The number of aromatic nitrogens is 1. The molecule has 0 saturated carbocycles. The zero-order valence-electron chi connectivity index (χ0n) is 20.3. The molecular formula is C26H31F2N5O3. The van der Waals surface area contributed by atoms with Crippen LogP contribution < -0.4 is 10.6 Å². The molecule has 3 heterocycles. The molecule has 1 saturated heterocycles. The summed E-state index contributed by atoms with van der Waals surface area (Å²) in [4.78, 5) is 36.1. The van der Waals surface area contributed by atoms with Gasteiger partial charge in [0.05, 0.1) is 18.4 Å². The minimum atomic E-state index is -1.05. The fraction of sp³-hybridized carbons (Fsp3) is 0.462. The predicted octanol–water partition coefficient (Wildman–Crippen LogP) is 3.21.